The van der Waals surface area contributed by atoms with E-state index in [-0.39, 0.29) is 11.4 Å². The minimum absolute atomic E-state index is 0.199. The summed E-state index contributed by atoms with van der Waals surface area (Å²) in [6, 6.07) is 1.74. The number of carboxylic acids is 1. The van der Waals surface area contributed by atoms with Crippen LogP contribution in [0.4, 0.5) is 0 Å². The zero-order valence-electron chi connectivity index (χ0n) is 11.6. The average molecular weight is 263 g/mol. The summed E-state index contributed by atoms with van der Waals surface area (Å²) in [5.74, 6) is -0.139. The van der Waals surface area contributed by atoms with Gasteiger partial charge < -0.3 is 9.84 Å². The second kappa shape index (κ2) is 6.04. The number of nitrogens with zero attached hydrogens (tertiary/aromatic N) is 1. The Morgan fingerprint density at radius 1 is 1.42 bits per heavy atom. The molecule has 0 radical (unpaired) electrons. The van der Waals surface area contributed by atoms with Gasteiger partial charge in [-0.25, -0.2) is 9.78 Å². The maximum Gasteiger partial charge on any atom is 0.341 e. The highest BCUT2D eigenvalue weighted by Crippen LogP contribution is 2.26. The minimum atomic E-state index is -0.958. The van der Waals surface area contributed by atoms with E-state index in [1.54, 1.807) is 6.07 Å². The van der Waals surface area contributed by atoms with E-state index in [9.17, 15) is 9.90 Å². The van der Waals surface area contributed by atoms with Crippen molar-refractivity contribution in [1.29, 1.82) is 0 Å². The Kier molecular flexibility index (Phi) is 4.40. The van der Waals surface area contributed by atoms with Gasteiger partial charge in [0.15, 0.2) is 0 Å². The summed E-state index contributed by atoms with van der Waals surface area (Å²) in [7, 11) is 0. The van der Waals surface area contributed by atoms with Crippen molar-refractivity contribution in [1.82, 2.24) is 4.98 Å². The van der Waals surface area contributed by atoms with E-state index in [1.807, 2.05) is 0 Å². The molecule has 0 unspecified atom stereocenters. The summed E-state index contributed by atoms with van der Waals surface area (Å²) in [5, 5.41) is 9.26. The normalized spacial score (nSPS) is 14.3. The van der Waals surface area contributed by atoms with Gasteiger partial charge in [0, 0.05) is 5.69 Å². The quantitative estimate of drug-likeness (QED) is 0.886. The molecule has 1 aliphatic carbocycles. The number of aromatic nitrogens is 1. The molecule has 1 heterocycles. The maximum atomic E-state index is 11.3. The van der Waals surface area contributed by atoms with Crippen LogP contribution in [0.3, 0.4) is 0 Å². The maximum absolute atomic E-state index is 11.3. The van der Waals surface area contributed by atoms with Crippen molar-refractivity contribution in [2.75, 3.05) is 6.61 Å². The van der Waals surface area contributed by atoms with Crippen LogP contribution >= 0.6 is 0 Å². The number of fused-ring (bicyclic) bond motifs is 1. The fourth-order valence-electron chi connectivity index (χ4n) is 2.27. The third-order valence-electron chi connectivity index (χ3n) is 3.43. The molecule has 0 atom stereocenters. The second-order valence-electron chi connectivity index (χ2n) is 5.49. The van der Waals surface area contributed by atoms with Gasteiger partial charge in [-0.05, 0) is 49.7 Å². The zero-order valence-corrected chi connectivity index (χ0v) is 11.6. The van der Waals surface area contributed by atoms with E-state index in [0.717, 1.165) is 43.4 Å². The van der Waals surface area contributed by atoms with Gasteiger partial charge in [0.1, 0.15) is 5.56 Å². The first-order valence-electron chi connectivity index (χ1n) is 6.97. The molecule has 4 nitrogen and oxygen atoms in total. The SMILES string of the molecule is CC(C)CCOc1nc2c(cc1C(=O)O)CCCC2. The number of carbonyl (C=O) groups is 1. The Bertz CT molecular complexity index is 469. The number of hydrogen-bond donors (Lipinski definition) is 1. The van der Waals surface area contributed by atoms with Crippen LogP contribution in [0.15, 0.2) is 6.07 Å². The van der Waals surface area contributed by atoms with Crippen LogP contribution < -0.4 is 4.74 Å². The fourth-order valence-corrected chi connectivity index (χ4v) is 2.27. The topological polar surface area (TPSA) is 59.4 Å². The Hall–Kier alpha value is -1.58. The predicted molar refractivity (Wildman–Crippen MR) is 72.8 cm³/mol. The first-order valence-corrected chi connectivity index (χ1v) is 6.97. The molecule has 0 bridgehead atoms. The minimum Gasteiger partial charge on any atom is -0.477 e. The molecule has 0 spiro atoms. The third-order valence-corrected chi connectivity index (χ3v) is 3.43. The molecule has 1 aromatic heterocycles. The van der Waals surface area contributed by atoms with Crippen LogP contribution in [-0.4, -0.2) is 22.7 Å². The van der Waals surface area contributed by atoms with Crippen LogP contribution in [0.25, 0.3) is 0 Å². The lowest BCUT2D eigenvalue weighted by Crippen LogP contribution is -2.13. The molecule has 1 N–H and O–H groups in total. The van der Waals surface area contributed by atoms with Crippen molar-refractivity contribution in [2.24, 2.45) is 5.92 Å². The van der Waals surface area contributed by atoms with Crippen molar-refractivity contribution >= 4 is 5.97 Å². The van der Waals surface area contributed by atoms with Crippen molar-refractivity contribution in [2.45, 2.75) is 46.0 Å². The van der Waals surface area contributed by atoms with E-state index in [4.69, 9.17) is 4.74 Å². The molecule has 0 fully saturated rings. The molecule has 19 heavy (non-hydrogen) atoms. The van der Waals surface area contributed by atoms with Gasteiger partial charge in [-0.2, -0.15) is 0 Å². The third kappa shape index (κ3) is 3.46. The summed E-state index contributed by atoms with van der Waals surface area (Å²) in [6.45, 7) is 4.74. The fraction of sp³-hybridized carbons (Fsp3) is 0.600. The summed E-state index contributed by atoms with van der Waals surface area (Å²) in [4.78, 5) is 15.7. The van der Waals surface area contributed by atoms with Crippen molar-refractivity contribution in [3.05, 3.63) is 22.9 Å². The predicted octanol–water partition coefficient (Wildman–Crippen LogP) is 3.08. The van der Waals surface area contributed by atoms with Gasteiger partial charge in [-0.3, -0.25) is 0 Å². The molecule has 0 saturated carbocycles. The zero-order chi connectivity index (χ0) is 13.8. The van der Waals surface area contributed by atoms with Gasteiger partial charge in [-0.1, -0.05) is 13.8 Å². The van der Waals surface area contributed by atoms with E-state index in [2.05, 4.69) is 18.8 Å². The number of pyridine rings is 1. The molecular formula is C15H21NO3. The van der Waals surface area contributed by atoms with Crippen LogP contribution in [0.5, 0.6) is 5.88 Å². The van der Waals surface area contributed by atoms with Gasteiger partial charge in [0.05, 0.1) is 6.61 Å². The number of aromatic carboxylic acids is 1. The Balaban J connectivity index is 2.21. The highest BCUT2D eigenvalue weighted by molar-refractivity contribution is 5.90. The summed E-state index contributed by atoms with van der Waals surface area (Å²) < 4.78 is 5.58. The summed E-state index contributed by atoms with van der Waals surface area (Å²) in [5.41, 5.74) is 2.28. The van der Waals surface area contributed by atoms with Gasteiger partial charge in [-0.15, -0.1) is 0 Å². The van der Waals surface area contributed by atoms with E-state index in [0.29, 0.717) is 12.5 Å². The average Bonchev–Trinajstić information content (AvgIpc) is 2.37. The molecule has 4 heteroatoms. The standard InChI is InChI=1S/C15H21NO3/c1-10(2)7-8-19-14-12(15(17)18)9-11-5-3-4-6-13(11)16-14/h9-10H,3-8H2,1-2H3,(H,17,18). The first kappa shape index (κ1) is 13.8. The Morgan fingerprint density at radius 3 is 2.84 bits per heavy atom. The molecule has 1 aromatic rings. The molecule has 0 amide bonds. The van der Waals surface area contributed by atoms with Crippen LogP contribution in [0.1, 0.15) is 54.7 Å². The van der Waals surface area contributed by atoms with Crippen LogP contribution in [-0.2, 0) is 12.8 Å². The number of hydrogen-bond acceptors (Lipinski definition) is 3. The highest BCUT2D eigenvalue weighted by atomic mass is 16.5. The molecule has 2 rings (SSSR count). The number of ether oxygens (including phenoxy) is 1. The molecule has 104 valence electrons. The Morgan fingerprint density at radius 2 is 2.16 bits per heavy atom. The van der Waals surface area contributed by atoms with Crippen molar-refractivity contribution in [3.8, 4) is 5.88 Å². The lowest BCUT2D eigenvalue weighted by Gasteiger charge is -2.17. The first-order chi connectivity index (χ1) is 9.08. The summed E-state index contributed by atoms with van der Waals surface area (Å²) in [6.07, 6.45) is 4.99. The highest BCUT2D eigenvalue weighted by Gasteiger charge is 2.19. The monoisotopic (exact) mass is 263 g/mol. The number of rotatable bonds is 5. The molecule has 0 aromatic carbocycles. The summed E-state index contributed by atoms with van der Waals surface area (Å²) >= 11 is 0. The van der Waals surface area contributed by atoms with E-state index >= 15 is 0 Å². The largest absolute Gasteiger partial charge is 0.477 e. The number of aryl methyl sites for hydroxylation is 2. The lowest BCUT2D eigenvalue weighted by molar-refractivity contribution is 0.0690. The smallest absolute Gasteiger partial charge is 0.341 e. The van der Waals surface area contributed by atoms with E-state index < -0.39 is 5.97 Å². The van der Waals surface area contributed by atoms with Crippen molar-refractivity contribution < 1.29 is 14.6 Å². The number of carboxylic acid groups (broad SMARTS) is 1. The van der Waals surface area contributed by atoms with Gasteiger partial charge in [0.25, 0.3) is 0 Å². The molecular weight excluding hydrogens is 242 g/mol. The van der Waals surface area contributed by atoms with E-state index in [1.165, 1.54) is 0 Å². The molecule has 1 aliphatic rings. The van der Waals surface area contributed by atoms with Crippen LogP contribution in [0, 0.1) is 5.92 Å². The Labute approximate surface area is 113 Å². The molecule has 0 aliphatic heterocycles. The second-order valence-corrected chi connectivity index (χ2v) is 5.49. The lowest BCUT2D eigenvalue weighted by atomic mass is 9.95. The molecule has 0 saturated heterocycles. The van der Waals surface area contributed by atoms with Gasteiger partial charge >= 0.3 is 5.97 Å². The van der Waals surface area contributed by atoms with Gasteiger partial charge in [0.2, 0.25) is 5.88 Å². The van der Waals surface area contributed by atoms with Crippen molar-refractivity contribution in [3.63, 3.8) is 0 Å². The van der Waals surface area contributed by atoms with Crippen LogP contribution in [0.2, 0.25) is 0 Å².